The predicted octanol–water partition coefficient (Wildman–Crippen LogP) is 2.87. The van der Waals surface area contributed by atoms with Crippen molar-refractivity contribution in [1.29, 1.82) is 0 Å². The number of fused-ring (bicyclic) bond motifs is 5. The van der Waals surface area contributed by atoms with Crippen LogP contribution in [0.4, 0.5) is 0 Å². The van der Waals surface area contributed by atoms with Gasteiger partial charge in [-0.3, -0.25) is 0 Å². The number of rotatable bonds is 8. The van der Waals surface area contributed by atoms with Gasteiger partial charge in [-0.1, -0.05) is 13.8 Å². The third kappa shape index (κ3) is 7.02. The van der Waals surface area contributed by atoms with Crippen LogP contribution in [-0.4, -0.2) is 137 Å². The van der Waals surface area contributed by atoms with Gasteiger partial charge in [-0.25, -0.2) is 4.79 Å². The summed E-state index contributed by atoms with van der Waals surface area (Å²) in [5, 5.41) is 57.3. The lowest BCUT2D eigenvalue weighted by Gasteiger charge is -2.65. The summed E-state index contributed by atoms with van der Waals surface area (Å²) in [5.74, 6) is 0.223. The van der Waals surface area contributed by atoms with Crippen LogP contribution in [0.25, 0.3) is 0 Å². The minimum absolute atomic E-state index is 0.0386. The third-order valence-electron chi connectivity index (χ3n) is 16.2. The largest absolute Gasteiger partial charge is 0.458 e. The maximum Gasteiger partial charge on any atom is 0.331 e. The standard InChI is InChI=1S/C42H66O14/c1-20-37(49-6)29(43)16-35(51-20)55-39-22(3)53-36(18-31(39)45)56-38-21(2)52-34(17-30(38)44)54-25-9-11-40(4)24(14-25)7-8-27-28(40)15-32(46)41(5)26(10-12-42(27,41)48)23-13-33(47)50-19-23/h13,20-22,24-32,34-39,43-46,48H,7-12,14-19H2,1-6H3/t20-,21-,22-,24-,25+,26-,27-,28+,29+,30+,31+,32-,34+,35+,36+,37-,38+,39+,40+,41+,42+/m1/s1. The second kappa shape index (κ2) is 15.6. The summed E-state index contributed by atoms with van der Waals surface area (Å²) in [6.07, 6.45) is -0.0154. The normalized spacial score (nSPS) is 54.8. The van der Waals surface area contributed by atoms with E-state index in [1.165, 1.54) is 7.11 Å². The van der Waals surface area contributed by atoms with Gasteiger partial charge in [-0.2, -0.15) is 0 Å². The highest BCUT2D eigenvalue weighted by Crippen LogP contribution is 2.70. The first-order chi connectivity index (χ1) is 26.5. The van der Waals surface area contributed by atoms with Gasteiger partial charge in [0.25, 0.3) is 0 Å². The maximum atomic E-state index is 12.6. The van der Waals surface area contributed by atoms with Gasteiger partial charge in [0.1, 0.15) is 24.9 Å². The molecule has 14 nitrogen and oxygen atoms in total. The van der Waals surface area contributed by atoms with Gasteiger partial charge in [0.2, 0.25) is 0 Å². The van der Waals surface area contributed by atoms with Crippen LogP contribution in [0.5, 0.6) is 0 Å². The molecule has 0 bridgehead atoms. The minimum Gasteiger partial charge on any atom is -0.458 e. The number of carbonyl (C=O) groups is 1. The average molecular weight is 795 g/mol. The van der Waals surface area contributed by atoms with Gasteiger partial charge in [0.05, 0.1) is 54.4 Å². The highest BCUT2D eigenvalue weighted by Gasteiger charge is 2.71. The molecule has 4 heterocycles. The Morgan fingerprint density at radius 1 is 0.696 bits per heavy atom. The Labute approximate surface area is 330 Å². The summed E-state index contributed by atoms with van der Waals surface area (Å²) in [7, 11) is 1.53. The molecular formula is C42H66O14. The molecule has 0 unspecified atom stereocenters. The van der Waals surface area contributed by atoms with Crippen LogP contribution in [0.2, 0.25) is 0 Å². The first kappa shape index (κ1) is 41.5. The van der Waals surface area contributed by atoms with Crippen molar-refractivity contribution >= 4 is 5.97 Å². The van der Waals surface area contributed by atoms with Crippen molar-refractivity contribution in [1.82, 2.24) is 0 Å². The van der Waals surface area contributed by atoms with Crippen molar-refractivity contribution in [2.45, 2.75) is 197 Å². The zero-order valence-corrected chi connectivity index (χ0v) is 33.9. The van der Waals surface area contributed by atoms with E-state index in [9.17, 15) is 30.3 Å². The number of esters is 1. The third-order valence-corrected chi connectivity index (χ3v) is 16.2. The summed E-state index contributed by atoms with van der Waals surface area (Å²) < 4.78 is 47.8. The molecule has 0 radical (unpaired) electrons. The molecule has 4 saturated carbocycles. The summed E-state index contributed by atoms with van der Waals surface area (Å²) in [5.41, 5.74) is -0.877. The number of cyclic esters (lactones) is 1. The van der Waals surface area contributed by atoms with E-state index in [2.05, 4.69) is 6.92 Å². The van der Waals surface area contributed by atoms with Crippen molar-refractivity contribution < 1.29 is 68.2 Å². The number of methoxy groups -OCH3 is 1. The summed E-state index contributed by atoms with van der Waals surface area (Å²) in [4.78, 5) is 12.0. The van der Waals surface area contributed by atoms with E-state index in [-0.39, 0.29) is 67.2 Å². The second-order valence-corrected chi connectivity index (χ2v) is 19.0. The Balaban J connectivity index is 0.832. The van der Waals surface area contributed by atoms with Crippen LogP contribution in [0.1, 0.15) is 105 Å². The van der Waals surface area contributed by atoms with E-state index in [1.54, 1.807) is 13.0 Å². The molecule has 14 heteroatoms. The van der Waals surface area contributed by atoms with E-state index < -0.39 is 84.8 Å². The van der Waals surface area contributed by atoms with Gasteiger partial charge >= 0.3 is 5.97 Å². The summed E-state index contributed by atoms with van der Waals surface area (Å²) in [6.45, 7) is 10.1. The lowest BCUT2D eigenvalue weighted by atomic mass is 9.42. The van der Waals surface area contributed by atoms with E-state index in [4.69, 9.17) is 37.9 Å². The van der Waals surface area contributed by atoms with Crippen molar-refractivity contribution in [3.05, 3.63) is 11.6 Å². The Morgan fingerprint density at radius 3 is 1.80 bits per heavy atom. The number of aliphatic hydroxyl groups is 5. The van der Waals surface area contributed by atoms with E-state index in [0.717, 1.165) is 44.1 Å². The fourth-order valence-corrected chi connectivity index (χ4v) is 13.1. The van der Waals surface area contributed by atoms with E-state index in [1.807, 2.05) is 20.8 Å². The number of hydrogen-bond donors (Lipinski definition) is 5. The topological polar surface area (TPSA) is 192 Å². The Kier molecular flexibility index (Phi) is 11.6. The molecule has 0 amide bonds. The molecule has 0 spiro atoms. The molecule has 0 aromatic rings. The highest BCUT2D eigenvalue weighted by molar-refractivity contribution is 5.85. The zero-order valence-electron chi connectivity index (χ0n) is 33.9. The number of aliphatic hydroxyl groups excluding tert-OH is 4. The zero-order chi connectivity index (χ0) is 39.9. The number of hydrogen-bond acceptors (Lipinski definition) is 14. The lowest BCUT2D eigenvalue weighted by molar-refractivity contribution is -0.336. The van der Waals surface area contributed by atoms with Crippen molar-refractivity contribution in [2.75, 3.05) is 13.7 Å². The molecule has 56 heavy (non-hydrogen) atoms. The summed E-state index contributed by atoms with van der Waals surface area (Å²) >= 11 is 0. The van der Waals surface area contributed by atoms with Gasteiger partial charge in [0, 0.05) is 37.9 Å². The monoisotopic (exact) mass is 794 g/mol. The molecule has 7 fully saturated rings. The van der Waals surface area contributed by atoms with Crippen LogP contribution in [0.15, 0.2) is 11.6 Å². The van der Waals surface area contributed by atoms with Gasteiger partial charge in [-0.15, -0.1) is 0 Å². The van der Waals surface area contributed by atoms with Crippen molar-refractivity contribution in [3.8, 4) is 0 Å². The predicted molar refractivity (Wildman–Crippen MR) is 197 cm³/mol. The van der Waals surface area contributed by atoms with Gasteiger partial charge < -0.3 is 63.4 Å². The Bertz CT molecular complexity index is 1430. The van der Waals surface area contributed by atoms with Crippen LogP contribution in [0.3, 0.4) is 0 Å². The quantitative estimate of drug-likeness (QED) is 0.178. The summed E-state index contributed by atoms with van der Waals surface area (Å²) in [6, 6.07) is 0. The number of carbonyl (C=O) groups excluding carboxylic acids is 1. The highest BCUT2D eigenvalue weighted by atomic mass is 16.7. The molecule has 21 atom stereocenters. The molecule has 4 aliphatic carbocycles. The smallest absolute Gasteiger partial charge is 0.331 e. The van der Waals surface area contributed by atoms with Crippen LogP contribution < -0.4 is 0 Å². The molecule has 318 valence electrons. The molecule has 8 aliphatic rings. The van der Waals surface area contributed by atoms with Crippen LogP contribution >= 0.6 is 0 Å². The van der Waals surface area contributed by atoms with Gasteiger partial charge in [0.15, 0.2) is 18.9 Å². The molecule has 8 rings (SSSR count). The van der Waals surface area contributed by atoms with Crippen molar-refractivity contribution in [2.24, 2.45) is 34.5 Å². The molecule has 0 aromatic carbocycles. The Morgan fingerprint density at radius 2 is 1.27 bits per heavy atom. The molecule has 4 aliphatic heterocycles. The maximum absolute atomic E-state index is 12.6. The number of ether oxygens (including phenoxy) is 8. The first-order valence-corrected chi connectivity index (χ1v) is 21.3. The fourth-order valence-electron chi connectivity index (χ4n) is 13.1. The molecule has 5 N–H and O–H groups in total. The van der Waals surface area contributed by atoms with Crippen LogP contribution in [0, 0.1) is 34.5 Å². The molecular weight excluding hydrogens is 728 g/mol. The molecule has 3 saturated heterocycles. The average Bonchev–Trinajstić information content (AvgIpc) is 3.68. The van der Waals surface area contributed by atoms with Crippen molar-refractivity contribution in [3.63, 3.8) is 0 Å². The van der Waals surface area contributed by atoms with E-state index >= 15 is 0 Å². The molecule has 0 aromatic heterocycles. The fraction of sp³-hybridized carbons (Fsp3) is 0.929. The Hall–Kier alpha value is -1.27. The SMILES string of the molecule is CO[C@H]1[C@@H](O)C[C@H](O[C@@H]2[C@@H](O)C[C@H](O[C@@H]3[C@@H](O)C[C@H](O[C@H]4CC[C@@]5(C)[C@H](CC[C@@H]6[C@@H]5C[C@@H](O)[C@]5(C)[C@@H](C7=CC(=O)OC7)CC[C@]65O)C4)O[C@@H]3C)O[C@@H]2C)O[C@@H]1C. The van der Waals surface area contributed by atoms with Crippen LogP contribution in [-0.2, 0) is 42.7 Å². The van der Waals surface area contributed by atoms with Gasteiger partial charge in [-0.05, 0) is 107 Å². The lowest BCUT2D eigenvalue weighted by Crippen LogP contribution is -2.67. The van der Waals surface area contributed by atoms with E-state index in [0.29, 0.717) is 18.8 Å². The minimum atomic E-state index is -1.01. The first-order valence-electron chi connectivity index (χ1n) is 21.3. The second-order valence-electron chi connectivity index (χ2n) is 19.0.